The van der Waals surface area contributed by atoms with Gasteiger partial charge >= 0.3 is 0 Å². The fourth-order valence-corrected chi connectivity index (χ4v) is 1.29. The maximum atomic E-state index is 11.1. The maximum Gasteiger partial charge on any atom is 0.239 e. The Hall–Kier alpha value is -1.29. The molecule has 5 heteroatoms. The largest absolute Gasteiger partial charge is 0.384 e. The minimum Gasteiger partial charge on any atom is -0.384 e. The highest BCUT2D eigenvalue weighted by atomic mass is 35.5. The minimum absolute atomic E-state index is 0.0662. The third-order valence-electron chi connectivity index (χ3n) is 1.80. The van der Waals surface area contributed by atoms with Gasteiger partial charge in [0, 0.05) is 0 Å². The number of carbonyl (C=O) groups is 1. The first kappa shape index (κ1) is 10.8. The molecule has 0 aliphatic heterocycles. The topological polar surface area (TPSA) is 68.0 Å². The van der Waals surface area contributed by atoms with E-state index in [1.807, 2.05) is 6.92 Å². The van der Waals surface area contributed by atoms with Crippen molar-refractivity contribution < 1.29 is 4.79 Å². The number of aromatic nitrogens is 1. The van der Waals surface area contributed by atoms with Crippen molar-refractivity contribution in [3.05, 3.63) is 17.3 Å². The molecule has 4 nitrogen and oxygen atoms in total. The summed E-state index contributed by atoms with van der Waals surface area (Å²) in [4.78, 5) is 15.1. The van der Waals surface area contributed by atoms with Crippen molar-refractivity contribution in [2.24, 2.45) is 0 Å². The first-order chi connectivity index (χ1) is 6.54. The number of rotatable bonds is 2. The summed E-state index contributed by atoms with van der Waals surface area (Å²) in [6.45, 7) is 3.64. The van der Waals surface area contributed by atoms with Crippen molar-refractivity contribution in [2.45, 2.75) is 13.8 Å². The fraction of sp³-hybridized carbons (Fsp3) is 0.333. The molecule has 14 heavy (non-hydrogen) atoms. The van der Waals surface area contributed by atoms with Gasteiger partial charge in [0.15, 0.2) is 0 Å². The summed E-state index contributed by atoms with van der Waals surface area (Å²) in [6.07, 6.45) is 0. The van der Waals surface area contributed by atoms with Gasteiger partial charge in [-0.05, 0) is 25.5 Å². The standard InChI is InChI=1S/C9H12ClN3O/c1-5-3-7(11)12-6(2)9(5)13-8(14)4-10/h3H,4H2,1-2H3,(H2,11,12)(H,13,14). The van der Waals surface area contributed by atoms with Gasteiger partial charge in [0.1, 0.15) is 11.7 Å². The van der Waals surface area contributed by atoms with Crippen molar-refractivity contribution in [3.63, 3.8) is 0 Å². The van der Waals surface area contributed by atoms with E-state index in [0.717, 1.165) is 5.56 Å². The first-order valence-corrected chi connectivity index (χ1v) is 4.67. The van der Waals surface area contributed by atoms with Gasteiger partial charge in [0.2, 0.25) is 5.91 Å². The molecule has 0 saturated heterocycles. The molecule has 1 rings (SSSR count). The summed E-state index contributed by atoms with van der Waals surface area (Å²) >= 11 is 5.38. The number of carbonyl (C=O) groups excluding carboxylic acids is 1. The zero-order valence-corrected chi connectivity index (χ0v) is 8.85. The fourth-order valence-electron chi connectivity index (χ4n) is 1.22. The maximum absolute atomic E-state index is 11.1. The quantitative estimate of drug-likeness (QED) is 0.731. The number of nitrogens with one attached hydrogen (secondary N) is 1. The van der Waals surface area contributed by atoms with E-state index in [2.05, 4.69) is 10.3 Å². The van der Waals surface area contributed by atoms with Crippen LogP contribution in [0.1, 0.15) is 11.3 Å². The number of amides is 1. The molecule has 0 bridgehead atoms. The normalized spacial score (nSPS) is 9.93. The molecule has 0 atom stereocenters. The van der Waals surface area contributed by atoms with E-state index in [-0.39, 0.29) is 11.8 Å². The average Bonchev–Trinajstić information content (AvgIpc) is 2.10. The van der Waals surface area contributed by atoms with Gasteiger partial charge in [0.25, 0.3) is 0 Å². The molecular formula is C9H12ClN3O. The molecule has 0 spiro atoms. The third kappa shape index (κ3) is 2.35. The van der Waals surface area contributed by atoms with E-state index >= 15 is 0 Å². The van der Waals surface area contributed by atoms with E-state index < -0.39 is 0 Å². The van der Waals surface area contributed by atoms with E-state index in [9.17, 15) is 4.79 Å². The summed E-state index contributed by atoms with van der Waals surface area (Å²) < 4.78 is 0. The van der Waals surface area contributed by atoms with Gasteiger partial charge < -0.3 is 11.1 Å². The first-order valence-electron chi connectivity index (χ1n) is 4.14. The predicted molar refractivity (Wildman–Crippen MR) is 57.5 cm³/mol. The van der Waals surface area contributed by atoms with Crippen LogP contribution in [-0.4, -0.2) is 16.8 Å². The molecule has 0 aliphatic rings. The lowest BCUT2D eigenvalue weighted by molar-refractivity contribution is -0.113. The second-order valence-electron chi connectivity index (χ2n) is 3.01. The smallest absolute Gasteiger partial charge is 0.239 e. The zero-order valence-electron chi connectivity index (χ0n) is 8.10. The van der Waals surface area contributed by atoms with Gasteiger partial charge in [-0.3, -0.25) is 4.79 Å². The number of aryl methyl sites for hydroxylation is 2. The lowest BCUT2D eigenvalue weighted by Crippen LogP contribution is -2.15. The van der Waals surface area contributed by atoms with E-state index in [1.165, 1.54) is 0 Å². The van der Waals surface area contributed by atoms with Gasteiger partial charge in [-0.25, -0.2) is 4.98 Å². The van der Waals surface area contributed by atoms with Crippen molar-refractivity contribution in [1.82, 2.24) is 4.98 Å². The summed E-state index contributed by atoms with van der Waals surface area (Å²) in [5, 5.41) is 2.67. The van der Waals surface area contributed by atoms with Crippen molar-refractivity contribution in [2.75, 3.05) is 16.9 Å². The van der Waals surface area contributed by atoms with Crippen LogP contribution in [0.5, 0.6) is 0 Å². The number of nitrogens with two attached hydrogens (primary N) is 1. The molecule has 1 amide bonds. The highest BCUT2D eigenvalue weighted by Gasteiger charge is 2.08. The summed E-state index contributed by atoms with van der Waals surface area (Å²) in [7, 11) is 0. The molecular weight excluding hydrogens is 202 g/mol. The Bertz CT molecular complexity index is 342. The highest BCUT2D eigenvalue weighted by molar-refractivity contribution is 6.29. The summed E-state index contributed by atoms with van der Waals surface area (Å²) in [5.74, 6) is 0.136. The van der Waals surface area contributed by atoms with Gasteiger partial charge in [-0.15, -0.1) is 11.6 Å². The zero-order chi connectivity index (χ0) is 10.7. The molecule has 76 valence electrons. The molecule has 0 aromatic carbocycles. The van der Waals surface area contributed by atoms with E-state index in [1.54, 1.807) is 13.0 Å². The van der Waals surface area contributed by atoms with Crippen LogP contribution in [0, 0.1) is 13.8 Å². The Morgan fingerprint density at radius 2 is 2.29 bits per heavy atom. The minimum atomic E-state index is -0.246. The molecule has 0 radical (unpaired) electrons. The Kier molecular flexibility index (Phi) is 3.30. The van der Waals surface area contributed by atoms with E-state index in [0.29, 0.717) is 17.2 Å². The van der Waals surface area contributed by atoms with Gasteiger partial charge in [-0.2, -0.15) is 0 Å². The Labute approximate surface area is 87.5 Å². The lowest BCUT2D eigenvalue weighted by Gasteiger charge is -2.10. The lowest BCUT2D eigenvalue weighted by atomic mass is 10.2. The number of halogens is 1. The number of nitrogen functional groups attached to an aromatic ring is 1. The van der Waals surface area contributed by atoms with Crippen LogP contribution in [0.2, 0.25) is 0 Å². The molecule has 3 N–H and O–H groups in total. The van der Waals surface area contributed by atoms with Gasteiger partial charge in [-0.1, -0.05) is 0 Å². The molecule has 1 aromatic heterocycles. The number of hydrogen-bond acceptors (Lipinski definition) is 3. The average molecular weight is 214 g/mol. The Morgan fingerprint density at radius 1 is 1.64 bits per heavy atom. The predicted octanol–water partition coefficient (Wildman–Crippen LogP) is 1.46. The molecule has 0 saturated carbocycles. The van der Waals surface area contributed by atoms with Gasteiger partial charge in [0.05, 0.1) is 11.4 Å². The van der Waals surface area contributed by atoms with Crippen LogP contribution >= 0.6 is 11.6 Å². The Morgan fingerprint density at radius 3 is 2.79 bits per heavy atom. The van der Waals surface area contributed by atoms with Crippen LogP contribution in [0.3, 0.4) is 0 Å². The second-order valence-corrected chi connectivity index (χ2v) is 3.27. The second kappa shape index (κ2) is 4.28. The Balaban J connectivity index is 3.02. The number of hydrogen-bond donors (Lipinski definition) is 2. The van der Waals surface area contributed by atoms with Crippen LogP contribution in [0.15, 0.2) is 6.07 Å². The molecule has 0 unspecified atom stereocenters. The van der Waals surface area contributed by atoms with Crippen molar-refractivity contribution in [3.8, 4) is 0 Å². The van der Waals surface area contributed by atoms with Crippen LogP contribution in [-0.2, 0) is 4.79 Å². The van der Waals surface area contributed by atoms with Crippen molar-refractivity contribution >= 4 is 29.0 Å². The number of anilines is 2. The van der Waals surface area contributed by atoms with Crippen LogP contribution < -0.4 is 11.1 Å². The third-order valence-corrected chi connectivity index (χ3v) is 2.05. The summed E-state index contributed by atoms with van der Waals surface area (Å²) in [6, 6.07) is 1.71. The highest BCUT2D eigenvalue weighted by Crippen LogP contribution is 2.20. The number of alkyl halides is 1. The summed E-state index contributed by atoms with van der Waals surface area (Å²) in [5.41, 5.74) is 7.80. The number of nitrogens with zero attached hydrogens (tertiary/aromatic N) is 1. The van der Waals surface area contributed by atoms with Crippen LogP contribution in [0.25, 0.3) is 0 Å². The van der Waals surface area contributed by atoms with E-state index in [4.69, 9.17) is 17.3 Å². The van der Waals surface area contributed by atoms with Crippen LogP contribution in [0.4, 0.5) is 11.5 Å². The monoisotopic (exact) mass is 213 g/mol. The van der Waals surface area contributed by atoms with Crippen molar-refractivity contribution in [1.29, 1.82) is 0 Å². The molecule has 0 aliphatic carbocycles. The number of pyridine rings is 1. The SMILES string of the molecule is Cc1cc(N)nc(C)c1NC(=O)CCl. The molecule has 1 aromatic rings. The molecule has 0 fully saturated rings. The molecule has 1 heterocycles.